The van der Waals surface area contributed by atoms with Gasteiger partial charge in [0.25, 0.3) is 0 Å². The van der Waals surface area contributed by atoms with Crippen molar-refractivity contribution in [3.63, 3.8) is 0 Å². The second-order valence-corrected chi connectivity index (χ2v) is 9.84. The second-order valence-electron chi connectivity index (χ2n) is 8.61. The van der Waals surface area contributed by atoms with Gasteiger partial charge >= 0.3 is 0 Å². The first-order valence-electron chi connectivity index (χ1n) is 11.3. The van der Waals surface area contributed by atoms with E-state index in [0.717, 1.165) is 28.3 Å². The summed E-state index contributed by atoms with van der Waals surface area (Å²) in [6.07, 6.45) is 1.78. The molecule has 0 saturated carbocycles. The molecule has 1 fully saturated rings. The number of nitrogens with one attached hydrogen (secondary N) is 1. The summed E-state index contributed by atoms with van der Waals surface area (Å²) in [6, 6.07) is 18.1. The molecular weight excluding hydrogens is 515 g/mol. The van der Waals surface area contributed by atoms with Crippen molar-refractivity contribution in [2.24, 2.45) is 0 Å². The number of nitrogens with zero attached hydrogens (tertiary/aromatic N) is 3. The molecule has 0 spiro atoms. The van der Waals surface area contributed by atoms with Crippen LogP contribution in [-0.2, 0) is 0 Å². The molecule has 2 N–H and O–H groups in total. The van der Waals surface area contributed by atoms with Crippen LogP contribution in [0.5, 0.6) is 11.5 Å². The minimum Gasteiger partial charge on any atom is -0.506 e. The fraction of sp³-hybridized carbons (Fsp3) is 0.185. The first-order valence-corrected chi connectivity index (χ1v) is 12.5. The van der Waals surface area contributed by atoms with E-state index in [1.807, 2.05) is 54.8 Å². The van der Waals surface area contributed by atoms with Gasteiger partial charge in [-0.2, -0.15) is 0 Å². The predicted octanol–water partition coefficient (Wildman–Crippen LogP) is 6.69. The van der Waals surface area contributed by atoms with Crippen LogP contribution in [0.1, 0.15) is 34.7 Å². The van der Waals surface area contributed by atoms with Crippen molar-refractivity contribution in [1.82, 2.24) is 14.9 Å². The van der Waals surface area contributed by atoms with Gasteiger partial charge in [0.2, 0.25) is 0 Å². The Hall–Kier alpha value is -3.26. The number of pyridine rings is 1. The predicted molar refractivity (Wildman–Crippen MR) is 148 cm³/mol. The van der Waals surface area contributed by atoms with Gasteiger partial charge in [0.05, 0.1) is 35.6 Å². The Morgan fingerprint density at radius 2 is 1.86 bits per heavy atom. The molecule has 4 aromatic rings. The molecule has 2 aromatic heterocycles. The summed E-state index contributed by atoms with van der Waals surface area (Å²) in [6.45, 7) is 4.03. The Kier molecular flexibility index (Phi) is 6.55. The summed E-state index contributed by atoms with van der Waals surface area (Å²) in [4.78, 5) is 6.69. The minimum absolute atomic E-state index is 0.146. The second kappa shape index (κ2) is 9.65. The topological polar surface area (TPSA) is 62.5 Å². The van der Waals surface area contributed by atoms with Crippen molar-refractivity contribution in [3.05, 3.63) is 99.6 Å². The Bertz CT molecular complexity index is 1460. The largest absolute Gasteiger partial charge is 0.506 e. The van der Waals surface area contributed by atoms with Gasteiger partial charge in [0.15, 0.2) is 5.11 Å². The molecule has 9 heteroatoms. The number of aromatic nitrogens is 2. The Balaban J connectivity index is 1.70. The van der Waals surface area contributed by atoms with Gasteiger partial charge in [-0.05, 0) is 86.2 Å². The normalized spacial score (nSPS) is 17.4. The molecule has 5 rings (SSSR count). The number of hydrogen-bond acceptors (Lipinski definition) is 4. The lowest BCUT2D eigenvalue weighted by Gasteiger charge is -2.28. The highest BCUT2D eigenvalue weighted by Gasteiger charge is 2.42. The number of hydrogen-bond donors (Lipinski definition) is 2. The number of phenols is 1. The molecule has 184 valence electrons. The van der Waals surface area contributed by atoms with E-state index in [-0.39, 0.29) is 17.8 Å². The summed E-state index contributed by atoms with van der Waals surface area (Å²) >= 11 is 18.6. The number of anilines is 1. The van der Waals surface area contributed by atoms with Crippen molar-refractivity contribution in [1.29, 1.82) is 0 Å². The molecule has 3 heterocycles. The summed E-state index contributed by atoms with van der Waals surface area (Å²) in [7, 11) is 1.59. The molecular formula is C27H24Cl2N4O2S. The third-order valence-corrected chi connectivity index (χ3v) is 7.32. The third kappa shape index (κ3) is 4.17. The van der Waals surface area contributed by atoms with Crippen LogP contribution in [-0.4, -0.2) is 26.9 Å². The average Bonchev–Trinajstić information content (AvgIpc) is 3.36. The number of ether oxygens (including phenoxy) is 1. The number of aromatic hydroxyl groups is 1. The summed E-state index contributed by atoms with van der Waals surface area (Å²) < 4.78 is 7.36. The maximum atomic E-state index is 10.6. The number of halogens is 2. The molecule has 0 radical (unpaired) electrons. The van der Waals surface area contributed by atoms with E-state index in [4.69, 9.17) is 40.2 Å². The van der Waals surface area contributed by atoms with Gasteiger partial charge in [-0.15, -0.1) is 0 Å². The standard InChI is InChI=1S/C27H24Cl2N4O2S/c1-15-12-19(16(2)32(15)22-13-17(28)7-9-23(22)34)26-25(21-6-4-5-11-30-21)31-27(36)33(26)18-8-10-24(35-3)20(29)14-18/h4-14,25-26,34H,1-3H3,(H,31,36). The summed E-state index contributed by atoms with van der Waals surface area (Å²) in [5.41, 5.74) is 5.24. The Morgan fingerprint density at radius 3 is 2.56 bits per heavy atom. The number of aryl methyl sites for hydroxylation is 1. The van der Waals surface area contributed by atoms with Crippen LogP contribution in [0.4, 0.5) is 5.69 Å². The number of phenolic OH excluding ortho intramolecular Hbond substituents is 1. The molecule has 1 aliphatic rings. The zero-order valence-corrected chi connectivity index (χ0v) is 22.2. The van der Waals surface area contributed by atoms with Crippen LogP contribution >= 0.6 is 35.4 Å². The molecule has 36 heavy (non-hydrogen) atoms. The summed E-state index contributed by atoms with van der Waals surface area (Å²) in [5, 5.41) is 15.7. The molecule has 0 bridgehead atoms. The summed E-state index contributed by atoms with van der Waals surface area (Å²) in [5.74, 6) is 0.735. The zero-order valence-electron chi connectivity index (χ0n) is 19.9. The van der Waals surface area contributed by atoms with E-state index >= 15 is 0 Å². The number of benzene rings is 2. The van der Waals surface area contributed by atoms with Crippen molar-refractivity contribution in [2.75, 3.05) is 12.0 Å². The van der Waals surface area contributed by atoms with Crippen LogP contribution in [0.2, 0.25) is 10.0 Å². The molecule has 1 saturated heterocycles. The van der Waals surface area contributed by atoms with Crippen molar-refractivity contribution in [2.45, 2.75) is 25.9 Å². The van der Waals surface area contributed by atoms with Crippen molar-refractivity contribution in [3.8, 4) is 17.2 Å². The lowest BCUT2D eigenvalue weighted by Crippen LogP contribution is -2.29. The van der Waals surface area contributed by atoms with Crippen LogP contribution in [0.15, 0.2) is 66.9 Å². The van der Waals surface area contributed by atoms with E-state index in [1.54, 1.807) is 31.5 Å². The lowest BCUT2D eigenvalue weighted by atomic mass is 9.96. The molecule has 1 aliphatic heterocycles. The van der Waals surface area contributed by atoms with Gasteiger partial charge in [0, 0.05) is 28.3 Å². The van der Waals surface area contributed by atoms with E-state index in [1.165, 1.54) is 0 Å². The molecule has 2 atom stereocenters. The van der Waals surface area contributed by atoms with E-state index < -0.39 is 0 Å². The average molecular weight is 539 g/mol. The monoisotopic (exact) mass is 538 g/mol. The maximum absolute atomic E-state index is 10.6. The van der Waals surface area contributed by atoms with Gasteiger partial charge in [-0.3, -0.25) is 4.98 Å². The van der Waals surface area contributed by atoms with Crippen LogP contribution in [0.3, 0.4) is 0 Å². The fourth-order valence-electron chi connectivity index (χ4n) is 4.89. The highest BCUT2D eigenvalue weighted by molar-refractivity contribution is 7.80. The number of rotatable bonds is 5. The molecule has 2 unspecified atom stereocenters. The van der Waals surface area contributed by atoms with Gasteiger partial charge in [-0.25, -0.2) is 0 Å². The van der Waals surface area contributed by atoms with E-state index in [0.29, 0.717) is 26.6 Å². The van der Waals surface area contributed by atoms with Crippen LogP contribution in [0, 0.1) is 13.8 Å². The third-order valence-electron chi connectivity index (χ3n) is 6.48. The van der Waals surface area contributed by atoms with Crippen molar-refractivity contribution >= 4 is 46.2 Å². The van der Waals surface area contributed by atoms with Crippen molar-refractivity contribution < 1.29 is 9.84 Å². The fourth-order valence-corrected chi connectivity index (χ4v) is 5.65. The van der Waals surface area contributed by atoms with Gasteiger partial charge < -0.3 is 24.6 Å². The Morgan fingerprint density at radius 1 is 1.06 bits per heavy atom. The molecule has 0 aliphatic carbocycles. The van der Waals surface area contributed by atoms with E-state index in [2.05, 4.69) is 21.3 Å². The van der Waals surface area contributed by atoms with Gasteiger partial charge in [-0.1, -0.05) is 29.3 Å². The smallest absolute Gasteiger partial charge is 0.174 e. The first-order chi connectivity index (χ1) is 17.3. The highest BCUT2D eigenvalue weighted by Crippen LogP contribution is 2.45. The quantitative estimate of drug-likeness (QED) is 0.276. The van der Waals surface area contributed by atoms with E-state index in [9.17, 15) is 5.11 Å². The maximum Gasteiger partial charge on any atom is 0.174 e. The number of methoxy groups -OCH3 is 1. The minimum atomic E-state index is -0.238. The number of thiocarbonyl (C=S) groups is 1. The SMILES string of the molecule is COc1ccc(N2C(=S)NC(c3ccccn3)C2c2cc(C)n(-c3cc(Cl)ccc3O)c2C)cc1Cl. The molecule has 2 aromatic carbocycles. The van der Waals surface area contributed by atoms with Crippen LogP contribution < -0.4 is 15.0 Å². The molecule has 6 nitrogen and oxygen atoms in total. The Labute approximate surface area is 225 Å². The first kappa shape index (κ1) is 24.4. The lowest BCUT2D eigenvalue weighted by molar-refractivity contribution is 0.415. The zero-order chi connectivity index (χ0) is 25.6. The highest BCUT2D eigenvalue weighted by atomic mass is 35.5. The van der Waals surface area contributed by atoms with Gasteiger partial charge in [0.1, 0.15) is 11.5 Å². The van der Waals surface area contributed by atoms with Crippen LogP contribution in [0.25, 0.3) is 5.69 Å². The molecule has 0 amide bonds.